The molecule has 1 aromatic carbocycles. The number of halogens is 1. The Balaban J connectivity index is 2.28. The van der Waals surface area contributed by atoms with E-state index in [4.69, 9.17) is 16.7 Å². The molecular formula is C13H14ClNO2. The highest BCUT2D eigenvalue weighted by Gasteiger charge is 2.19. The Morgan fingerprint density at radius 1 is 1.59 bits per heavy atom. The van der Waals surface area contributed by atoms with Gasteiger partial charge in [-0.1, -0.05) is 23.7 Å². The second-order valence-corrected chi connectivity index (χ2v) is 4.70. The van der Waals surface area contributed by atoms with E-state index in [-0.39, 0.29) is 5.92 Å². The average molecular weight is 252 g/mol. The normalized spacial score (nSPS) is 20.5. The van der Waals surface area contributed by atoms with Gasteiger partial charge in [0.1, 0.15) is 0 Å². The Bertz CT molecular complexity index is 470. The fraction of sp³-hybridized carbons (Fsp3) is 0.385. The van der Waals surface area contributed by atoms with Crippen LogP contribution in [0.2, 0.25) is 5.02 Å². The van der Waals surface area contributed by atoms with Crippen LogP contribution in [0.4, 0.5) is 0 Å². The molecule has 0 spiro atoms. The molecule has 1 aliphatic rings. The minimum absolute atomic E-state index is 0.275. The van der Waals surface area contributed by atoms with E-state index in [2.05, 4.69) is 4.99 Å². The van der Waals surface area contributed by atoms with Crippen LogP contribution >= 0.6 is 11.6 Å². The van der Waals surface area contributed by atoms with Gasteiger partial charge in [-0.3, -0.25) is 9.79 Å². The van der Waals surface area contributed by atoms with Crippen LogP contribution in [0.3, 0.4) is 0 Å². The summed E-state index contributed by atoms with van der Waals surface area (Å²) >= 11 is 6.20. The summed E-state index contributed by atoms with van der Waals surface area (Å²) in [7, 11) is 0. The highest BCUT2D eigenvalue weighted by molar-refractivity contribution is 6.31. The largest absolute Gasteiger partial charge is 0.481 e. The minimum Gasteiger partial charge on any atom is -0.481 e. The molecule has 0 fully saturated rings. The number of rotatable bonds is 3. The van der Waals surface area contributed by atoms with Crippen molar-refractivity contribution in [3.8, 4) is 0 Å². The van der Waals surface area contributed by atoms with Crippen molar-refractivity contribution in [1.29, 1.82) is 0 Å². The van der Waals surface area contributed by atoms with E-state index >= 15 is 0 Å². The lowest BCUT2D eigenvalue weighted by atomic mass is 9.94. The SMILES string of the molecule is CC(C(=O)O)c1ccc(C2C=NCC2)c(Cl)c1. The van der Waals surface area contributed by atoms with Gasteiger partial charge in [-0.25, -0.2) is 0 Å². The van der Waals surface area contributed by atoms with Crippen LogP contribution in [0.25, 0.3) is 0 Å². The fourth-order valence-electron chi connectivity index (χ4n) is 1.98. The molecule has 0 bridgehead atoms. The number of hydrogen-bond donors (Lipinski definition) is 1. The lowest BCUT2D eigenvalue weighted by molar-refractivity contribution is -0.138. The van der Waals surface area contributed by atoms with Crippen molar-refractivity contribution in [1.82, 2.24) is 0 Å². The molecule has 1 heterocycles. The summed E-state index contributed by atoms with van der Waals surface area (Å²) in [5.41, 5.74) is 1.77. The van der Waals surface area contributed by atoms with Crippen LogP contribution in [0, 0.1) is 0 Å². The molecule has 2 unspecified atom stereocenters. The van der Waals surface area contributed by atoms with Gasteiger partial charge in [0.25, 0.3) is 0 Å². The van der Waals surface area contributed by atoms with Crippen molar-refractivity contribution in [2.45, 2.75) is 25.2 Å². The van der Waals surface area contributed by atoms with Gasteiger partial charge in [0.15, 0.2) is 0 Å². The smallest absolute Gasteiger partial charge is 0.310 e. The first kappa shape index (κ1) is 12.1. The lowest BCUT2D eigenvalue weighted by Gasteiger charge is -2.12. The minimum atomic E-state index is -0.837. The summed E-state index contributed by atoms with van der Waals surface area (Å²) in [4.78, 5) is 15.1. The zero-order chi connectivity index (χ0) is 12.4. The molecule has 0 radical (unpaired) electrons. The summed E-state index contributed by atoms with van der Waals surface area (Å²) in [6.07, 6.45) is 2.90. The maximum Gasteiger partial charge on any atom is 0.310 e. The third-order valence-corrected chi connectivity index (χ3v) is 3.48. The van der Waals surface area contributed by atoms with Gasteiger partial charge in [0, 0.05) is 23.7 Å². The van der Waals surface area contributed by atoms with Crippen molar-refractivity contribution in [2.75, 3.05) is 6.54 Å². The summed E-state index contributed by atoms with van der Waals surface area (Å²) in [5.74, 6) is -1.09. The maximum atomic E-state index is 10.9. The quantitative estimate of drug-likeness (QED) is 0.898. The van der Waals surface area contributed by atoms with Gasteiger partial charge in [-0.15, -0.1) is 0 Å². The summed E-state index contributed by atoms with van der Waals surface area (Å²) in [5, 5.41) is 9.58. The van der Waals surface area contributed by atoms with E-state index in [1.807, 2.05) is 18.3 Å². The van der Waals surface area contributed by atoms with Crippen LogP contribution in [-0.2, 0) is 4.79 Å². The number of benzene rings is 1. The molecule has 17 heavy (non-hydrogen) atoms. The first-order chi connectivity index (χ1) is 8.09. The molecule has 0 aliphatic carbocycles. The third kappa shape index (κ3) is 2.50. The number of aliphatic imine (C=N–C) groups is 1. The zero-order valence-electron chi connectivity index (χ0n) is 9.56. The van der Waals surface area contributed by atoms with Gasteiger partial charge in [0.05, 0.1) is 5.92 Å². The monoisotopic (exact) mass is 251 g/mol. The topological polar surface area (TPSA) is 49.7 Å². The van der Waals surface area contributed by atoms with E-state index < -0.39 is 11.9 Å². The summed E-state index contributed by atoms with van der Waals surface area (Å²) in [6.45, 7) is 2.50. The number of aliphatic carboxylic acids is 1. The van der Waals surface area contributed by atoms with Crippen LogP contribution in [0.5, 0.6) is 0 Å². The number of hydrogen-bond acceptors (Lipinski definition) is 2. The van der Waals surface area contributed by atoms with Crippen molar-refractivity contribution in [2.24, 2.45) is 4.99 Å². The predicted octanol–water partition coefficient (Wildman–Crippen LogP) is 3.09. The lowest BCUT2D eigenvalue weighted by Crippen LogP contribution is -2.08. The fourth-order valence-corrected chi connectivity index (χ4v) is 2.31. The average Bonchev–Trinajstić information content (AvgIpc) is 2.81. The Labute approximate surface area is 105 Å². The van der Waals surface area contributed by atoms with Gasteiger partial charge in [-0.05, 0) is 30.5 Å². The molecule has 90 valence electrons. The van der Waals surface area contributed by atoms with Crippen molar-refractivity contribution in [3.05, 3.63) is 34.3 Å². The second kappa shape index (κ2) is 4.88. The number of carboxylic acids is 1. The molecule has 2 atom stereocenters. The standard InChI is InChI=1S/C13H14ClNO2/c1-8(13(16)17)9-2-3-11(12(14)6-9)10-4-5-15-7-10/h2-3,6-8,10H,4-5H2,1H3,(H,16,17). The highest BCUT2D eigenvalue weighted by atomic mass is 35.5. The van der Waals surface area contributed by atoms with Crippen molar-refractivity contribution >= 4 is 23.8 Å². The Hall–Kier alpha value is -1.35. The van der Waals surface area contributed by atoms with Gasteiger partial charge < -0.3 is 5.11 Å². The van der Waals surface area contributed by atoms with Crippen LogP contribution in [-0.4, -0.2) is 23.8 Å². The van der Waals surface area contributed by atoms with Crippen molar-refractivity contribution < 1.29 is 9.90 Å². The molecule has 2 rings (SSSR count). The molecule has 1 aliphatic heterocycles. The predicted molar refractivity (Wildman–Crippen MR) is 68.2 cm³/mol. The Kier molecular flexibility index (Phi) is 3.48. The maximum absolute atomic E-state index is 10.9. The van der Waals surface area contributed by atoms with Gasteiger partial charge in [0.2, 0.25) is 0 Å². The number of carbonyl (C=O) groups is 1. The highest BCUT2D eigenvalue weighted by Crippen LogP contribution is 2.31. The number of carboxylic acid groups (broad SMARTS) is 1. The molecule has 1 N–H and O–H groups in total. The molecule has 1 aromatic rings. The van der Waals surface area contributed by atoms with Gasteiger partial charge >= 0.3 is 5.97 Å². The second-order valence-electron chi connectivity index (χ2n) is 4.29. The Morgan fingerprint density at radius 3 is 2.88 bits per heavy atom. The van der Waals surface area contributed by atoms with Gasteiger partial charge in [-0.2, -0.15) is 0 Å². The molecule has 0 saturated heterocycles. The molecular weight excluding hydrogens is 238 g/mol. The number of nitrogens with zero attached hydrogens (tertiary/aromatic N) is 1. The van der Waals surface area contributed by atoms with Crippen LogP contribution in [0.1, 0.15) is 36.3 Å². The van der Waals surface area contributed by atoms with E-state index in [0.29, 0.717) is 5.02 Å². The summed E-state index contributed by atoms with van der Waals surface area (Å²) < 4.78 is 0. The van der Waals surface area contributed by atoms with Crippen LogP contribution < -0.4 is 0 Å². The van der Waals surface area contributed by atoms with E-state index in [9.17, 15) is 4.79 Å². The third-order valence-electron chi connectivity index (χ3n) is 3.15. The first-order valence-corrected chi connectivity index (χ1v) is 5.99. The summed E-state index contributed by atoms with van der Waals surface area (Å²) in [6, 6.07) is 5.51. The molecule has 0 aromatic heterocycles. The molecule has 3 nitrogen and oxygen atoms in total. The molecule has 0 amide bonds. The van der Waals surface area contributed by atoms with E-state index in [1.165, 1.54) is 0 Å². The van der Waals surface area contributed by atoms with E-state index in [1.54, 1.807) is 13.0 Å². The van der Waals surface area contributed by atoms with E-state index in [0.717, 1.165) is 24.1 Å². The Morgan fingerprint density at radius 2 is 2.35 bits per heavy atom. The molecule has 4 heteroatoms. The van der Waals surface area contributed by atoms with Crippen molar-refractivity contribution in [3.63, 3.8) is 0 Å². The first-order valence-electron chi connectivity index (χ1n) is 5.61. The molecule has 0 saturated carbocycles. The van der Waals surface area contributed by atoms with Crippen LogP contribution in [0.15, 0.2) is 23.2 Å². The zero-order valence-corrected chi connectivity index (χ0v) is 10.3.